The second kappa shape index (κ2) is 3.65. The standard InChI is InChI=1S/C8H15N/c1-2-3-4-8-5-6-9-7-8/h6,8H,2-5,7H2,1H3. The second-order valence-electron chi connectivity index (χ2n) is 2.79. The van der Waals surface area contributed by atoms with Crippen molar-refractivity contribution in [3.63, 3.8) is 0 Å². The average Bonchev–Trinajstić information content (AvgIpc) is 2.34. The van der Waals surface area contributed by atoms with Crippen LogP contribution in [0.3, 0.4) is 0 Å². The normalized spacial score (nSPS) is 25.2. The van der Waals surface area contributed by atoms with E-state index in [2.05, 4.69) is 18.1 Å². The highest BCUT2D eigenvalue weighted by Crippen LogP contribution is 2.15. The van der Waals surface area contributed by atoms with E-state index >= 15 is 0 Å². The van der Waals surface area contributed by atoms with Gasteiger partial charge in [-0.05, 0) is 25.0 Å². The van der Waals surface area contributed by atoms with Gasteiger partial charge in [-0.2, -0.15) is 0 Å². The number of nitrogens with zero attached hydrogens (tertiary/aromatic N) is 1. The molecule has 1 nitrogen and oxygen atoms in total. The first-order valence-corrected chi connectivity index (χ1v) is 3.91. The zero-order chi connectivity index (χ0) is 6.53. The van der Waals surface area contributed by atoms with Crippen molar-refractivity contribution in [1.29, 1.82) is 0 Å². The van der Waals surface area contributed by atoms with E-state index in [0.29, 0.717) is 0 Å². The molecule has 52 valence electrons. The van der Waals surface area contributed by atoms with Crippen LogP contribution in [0.4, 0.5) is 0 Å². The van der Waals surface area contributed by atoms with Crippen molar-refractivity contribution in [2.45, 2.75) is 32.6 Å². The fourth-order valence-electron chi connectivity index (χ4n) is 1.22. The third kappa shape index (κ3) is 2.17. The van der Waals surface area contributed by atoms with E-state index in [1.54, 1.807) is 0 Å². The highest BCUT2D eigenvalue weighted by Gasteiger charge is 2.09. The van der Waals surface area contributed by atoms with Gasteiger partial charge < -0.3 is 0 Å². The number of hydrogen-bond acceptors (Lipinski definition) is 1. The molecule has 0 aliphatic carbocycles. The number of rotatable bonds is 3. The molecule has 0 saturated heterocycles. The number of hydrogen-bond donors (Lipinski definition) is 0. The van der Waals surface area contributed by atoms with Crippen molar-refractivity contribution < 1.29 is 0 Å². The predicted octanol–water partition coefficient (Wildman–Crippen LogP) is 2.27. The molecule has 1 aliphatic heterocycles. The Labute approximate surface area is 57.2 Å². The molecule has 1 aliphatic rings. The van der Waals surface area contributed by atoms with Crippen LogP contribution in [-0.2, 0) is 0 Å². The maximum Gasteiger partial charge on any atom is 0.0417 e. The third-order valence-corrected chi connectivity index (χ3v) is 1.90. The Morgan fingerprint density at radius 3 is 3.11 bits per heavy atom. The first-order chi connectivity index (χ1) is 4.43. The zero-order valence-corrected chi connectivity index (χ0v) is 6.14. The SMILES string of the molecule is CCCCC1CC=NC1. The van der Waals surface area contributed by atoms with Gasteiger partial charge in [-0.1, -0.05) is 19.8 Å². The number of aliphatic imine (C=N–C) groups is 1. The molecule has 0 bridgehead atoms. The van der Waals surface area contributed by atoms with Crippen molar-refractivity contribution in [3.05, 3.63) is 0 Å². The molecular weight excluding hydrogens is 110 g/mol. The van der Waals surface area contributed by atoms with Crippen LogP contribution in [0.25, 0.3) is 0 Å². The molecule has 9 heavy (non-hydrogen) atoms. The van der Waals surface area contributed by atoms with Gasteiger partial charge in [0.1, 0.15) is 0 Å². The molecule has 1 unspecified atom stereocenters. The molecule has 0 saturated carbocycles. The van der Waals surface area contributed by atoms with Gasteiger partial charge in [-0.15, -0.1) is 0 Å². The van der Waals surface area contributed by atoms with Gasteiger partial charge in [0.05, 0.1) is 0 Å². The molecule has 1 heteroatoms. The van der Waals surface area contributed by atoms with Gasteiger partial charge in [-0.25, -0.2) is 0 Å². The summed E-state index contributed by atoms with van der Waals surface area (Å²) >= 11 is 0. The van der Waals surface area contributed by atoms with E-state index in [4.69, 9.17) is 0 Å². The van der Waals surface area contributed by atoms with E-state index in [0.717, 1.165) is 12.5 Å². The monoisotopic (exact) mass is 125 g/mol. The molecule has 1 atom stereocenters. The van der Waals surface area contributed by atoms with Crippen molar-refractivity contribution in [2.75, 3.05) is 6.54 Å². The Hall–Kier alpha value is -0.330. The lowest BCUT2D eigenvalue weighted by Gasteiger charge is -2.04. The van der Waals surface area contributed by atoms with Crippen LogP contribution in [-0.4, -0.2) is 12.8 Å². The molecule has 0 fully saturated rings. The van der Waals surface area contributed by atoms with Crippen molar-refractivity contribution in [3.8, 4) is 0 Å². The van der Waals surface area contributed by atoms with Crippen LogP contribution in [0.15, 0.2) is 4.99 Å². The molecule has 0 radical (unpaired) electrons. The van der Waals surface area contributed by atoms with Crippen molar-refractivity contribution >= 4 is 6.21 Å². The summed E-state index contributed by atoms with van der Waals surface area (Å²) in [6.45, 7) is 3.34. The van der Waals surface area contributed by atoms with Crippen LogP contribution < -0.4 is 0 Å². The predicted molar refractivity (Wildman–Crippen MR) is 41.0 cm³/mol. The Bertz CT molecular complexity index is 88.7. The van der Waals surface area contributed by atoms with E-state index in [1.807, 2.05) is 0 Å². The Kier molecular flexibility index (Phi) is 2.75. The third-order valence-electron chi connectivity index (χ3n) is 1.90. The fourth-order valence-corrected chi connectivity index (χ4v) is 1.22. The minimum atomic E-state index is 0.893. The lowest BCUT2D eigenvalue weighted by molar-refractivity contribution is 0.514. The molecule has 0 spiro atoms. The smallest absolute Gasteiger partial charge is 0.0417 e. The summed E-state index contributed by atoms with van der Waals surface area (Å²) in [5.41, 5.74) is 0. The van der Waals surface area contributed by atoms with Gasteiger partial charge in [-0.3, -0.25) is 4.99 Å². The Morgan fingerprint density at radius 2 is 2.56 bits per heavy atom. The highest BCUT2D eigenvalue weighted by molar-refractivity contribution is 5.59. The minimum Gasteiger partial charge on any atom is -0.297 e. The molecule has 0 aromatic heterocycles. The summed E-state index contributed by atoms with van der Waals surface area (Å²) in [6, 6.07) is 0. The first kappa shape index (κ1) is 6.79. The first-order valence-electron chi connectivity index (χ1n) is 3.91. The molecule has 0 N–H and O–H groups in total. The van der Waals surface area contributed by atoms with Crippen molar-refractivity contribution in [2.24, 2.45) is 10.9 Å². The maximum atomic E-state index is 4.19. The summed E-state index contributed by atoms with van der Waals surface area (Å²) in [6.07, 6.45) is 7.40. The van der Waals surface area contributed by atoms with Crippen LogP contribution in [0.2, 0.25) is 0 Å². The second-order valence-corrected chi connectivity index (χ2v) is 2.79. The Balaban J connectivity index is 2.01. The van der Waals surface area contributed by atoms with Crippen molar-refractivity contribution in [1.82, 2.24) is 0 Å². The van der Waals surface area contributed by atoms with Gasteiger partial charge in [0.25, 0.3) is 0 Å². The maximum absolute atomic E-state index is 4.19. The van der Waals surface area contributed by atoms with E-state index < -0.39 is 0 Å². The fraction of sp³-hybridized carbons (Fsp3) is 0.875. The Morgan fingerprint density at radius 1 is 1.67 bits per heavy atom. The zero-order valence-electron chi connectivity index (χ0n) is 6.14. The lowest BCUT2D eigenvalue weighted by atomic mass is 10.0. The summed E-state index contributed by atoms with van der Waals surface area (Å²) in [5.74, 6) is 0.893. The largest absolute Gasteiger partial charge is 0.297 e. The topological polar surface area (TPSA) is 12.4 Å². The molecule has 1 rings (SSSR count). The van der Waals surface area contributed by atoms with Crippen LogP contribution >= 0.6 is 0 Å². The van der Waals surface area contributed by atoms with E-state index in [-0.39, 0.29) is 0 Å². The molecule has 1 heterocycles. The van der Waals surface area contributed by atoms with Gasteiger partial charge in [0, 0.05) is 6.54 Å². The number of unbranched alkanes of at least 4 members (excludes halogenated alkanes) is 1. The van der Waals surface area contributed by atoms with Crippen LogP contribution in [0.5, 0.6) is 0 Å². The van der Waals surface area contributed by atoms with E-state index in [1.165, 1.54) is 25.7 Å². The molecule has 0 amide bonds. The summed E-state index contributed by atoms with van der Waals surface area (Å²) < 4.78 is 0. The summed E-state index contributed by atoms with van der Waals surface area (Å²) in [5, 5.41) is 0. The van der Waals surface area contributed by atoms with Gasteiger partial charge >= 0.3 is 0 Å². The summed E-state index contributed by atoms with van der Waals surface area (Å²) in [4.78, 5) is 4.19. The highest BCUT2D eigenvalue weighted by atomic mass is 14.7. The molecule has 0 aromatic rings. The average molecular weight is 125 g/mol. The summed E-state index contributed by atoms with van der Waals surface area (Å²) in [7, 11) is 0. The minimum absolute atomic E-state index is 0.893. The van der Waals surface area contributed by atoms with Gasteiger partial charge in [0.2, 0.25) is 0 Å². The van der Waals surface area contributed by atoms with E-state index in [9.17, 15) is 0 Å². The quantitative estimate of drug-likeness (QED) is 0.548. The van der Waals surface area contributed by atoms with Gasteiger partial charge in [0.15, 0.2) is 0 Å². The molecule has 0 aromatic carbocycles. The van der Waals surface area contributed by atoms with Crippen LogP contribution in [0.1, 0.15) is 32.6 Å². The molecular formula is C8H15N. The van der Waals surface area contributed by atoms with Crippen LogP contribution in [0, 0.1) is 5.92 Å². The lowest BCUT2D eigenvalue weighted by Crippen LogP contribution is -1.97.